The Morgan fingerprint density at radius 1 is 0.979 bits per heavy atom. The second kappa shape index (κ2) is 14.5. The lowest BCUT2D eigenvalue weighted by Crippen LogP contribution is -2.75. The Bertz CT molecular complexity index is 1770. The second-order valence-electron chi connectivity index (χ2n) is 12.0. The highest BCUT2D eigenvalue weighted by Crippen LogP contribution is 2.33. The number of hydrogen-bond donors (Lipinski definition) is 1. The van der Waals surface area contributed by atoms with E-state index in [0.717, 1.165) is 27.8 Å². The predicted octanol–water partition coefficient (Wildman–Crippen LogP) is 4.45. The molecule has 10 nitrogen and oxygen atoms in total. The van der Waals surface area contributed by atoms with Gasteiger partial charge in [-0.25, -0.2) is 10.0 Å². The summed E-state index contributed by atoms with van der Waals surface area (Å²) in [5.41, 5.74) is 4.51. The summed E-state index contributed by atoms with van der Waals surface area (Å²) < 4.78 is 5.65. The molecule has 2 atom stereocenters. The molecule has 0 saturated carbocycles. The summed E-state index contributed by atoms with van der Waals surface area (Å²) in [5, 5.41) is 13.3. The molecule has 2 fully saturated rings. The van der Waals surface area contributed by atoms with Gasteiger partial charge in [0.2, 0.25) is 17.7 Å². The van der Waals surface area contributed by atoms with Crippen LogP contribution in [0.15, 0.2) is 110 Å². The molecule has 3 heterocycles. The zero-order valence-corrected chi connectivity index (χ0v) is 26.9. The number of hydrogen-bond acceptors (Lipinski definition) is 7. The minimum absolute atomic E-state index is 0.0489. The molecular formula is C38H39N5O5. The van der Waals surface area contributed by atoms with Crippen LogP contribution in [-0.2, 0) is 33.8 Å². The maximum absolute atomic E-state index is 14.4. The summed E-state index contributed by atoms with van der Waals surface area (Å²) in [4.78, 5) is 49.8. The average Bonchev–Trinajstić information content (AvgIpc) is 3.11. The van der Waals surface area contributed by atoms with Crippen LogP contribution < -0.4 is 4.74 Å². The van der Waals surface area contributed by atoms with E-state index in [-0.39, 0.29) is 55.9 Å². The van der Waals surface area contributed by atoms with Crippen molar-refractivity contribution in [2.75, 3.05) is 26.7 Å². The summed E-state index contributed by atoms with van der Waals surface area (Å²) in [6, 6.07) is 25.2. The number of aromatic nitrogens is 1. The smallest absolute Gasteiger partial charge is 0.246 e. The average molecular weight is 646 g/mol. The minimum Gasteiger partial charge on any atom is -0.508 e. The fourth-order valence-corrected chi connectivity index (χ4v) is 6.60. The van der Waals surface area contributed by atoms with Crippen LogP contribution in [0, 0.1) is 0 Å². The van der Waals surface area contributed by atoms with Gasteiger partial charge in [0, 0.05) is 43.9 Å². The van der Waals surface area contributed by atoms with Crippen molar-refractivity contribution in [1.82, 2.24) is 24.8 Å². The monoisotopic (exact) mass is 645 g/mol. The van der Waals surface area contributed by atoms with Crippen molar-refractivity contribution in [2.24, 2.45) is 0 Å². The van der Waals surface area contributed by atoms with Crippen molar-refractivity contribution < 1.29 is 24.2 Å². The van der Waals surface area contributed by atoms with Gasteiger partial charge >= 0.3 is 0 Å². The first-order valence-electron chi connectivity index (χ1n) is 16.0. The van der Waals surface area contributed by atoms with Crippen LogP contribution in [0.1, 0.15) is 23.1 Å². The first kappa shape index (κ1) is 32.5. The molecule has 4 aromatic rings. The molecule has 0 spiro atoms. The highest BCUT2D eigenvalue weighted by molar-refractivity contribution is 5.92. The summed E-state index contributed by atoms with van der Waals surface area (Å²) in [5.74, 6) is 0.241. The molecule has 1 N–H and O–H groups in total. The number of fused-ring (bicyclic) bond motifs is 1. The van der Waals surface area contributed by atoms with Crippen LogP contribution in [0.25, 0.3) is 11.1 Å². The zero-order valence-electron chi connectivity index (χ0n) is 26.9. The van der Waals surface area contributed by atoms with Crippen molar-refractivity contribution >= 4 is 17.7 Å². The minimum atomic E-state index is -0.853. The van der Waals surface area contributed by atoms with Gasteiger partial charge in [0.05, 0.1) is 20.2 Å². The first-order chi connectivity index (χ1) is 23.4. The van der Waals surface area contributed by atoms with Gasteiger partial charge in [-0.15, -0.1) is 6.58 Å². The maximum Gasteiger partial charge on any atom is 0.246 e. The predicted molar refractivity (Wildman–Crippen MR) is 181 cm³/mol. The molecule has 2 aliphatic rings. The fraction of sp³-hybridized carbons (Fsp3) is 0.263. The van der Waals surface area contributed by atoms with Gasteiger partial charge < -0.3 is 19.6 Å². The molecule has 3 aromatic carbocycles. The Kier molecular flexibility index (Phi) is 9.82. The van der Waals surface area contributed by atoms with Gasteiger partial charge in [-0.1, -0.05) is 54.6 Å². The van der Waals surface area contributed by atoms with E-state index in [1.54, 1.807) is 69.7 Å². The van der Waals surface area contributed by atoms with E-state index in [1.807, 2.05) is 60.7 Å². The molecule has 1 aromatic heterocycles. The number of carbonyl (C=O) groups excluding carboxylic acids is 3. The Hall–Kier alpha value is -5.48. The number of aryl methyl sites for hydroxylation is 1. The molecule has 10 heteroatoms. The summed E-state index contributed by atoms with van der Waals surface area (Å²) in [6.45, 7) is 4.53. The third-order valence-electron chi connectivity index (χ3n) is 8.89. The van der Waals surface area contributed by atoms with E-state index < -0.39 is 12.2 Å². The van der Waals surface area contributed by atoms with E-state index in [9.17, 15) is 19.5 Å². The Labute approximate surface area is 280 Å². The number of aromatic hydroxyl groups is 1. The molecule has 48 heavy (non-hydrogen) atoms. The Morgan fingerprint density at radius 2 is 1.71 bits per heavy atom. The lowest BCUT2D eigenvalue weighted by atomic mass is 9.97. The van der Waals surface area contributed by atoms with Crippen LogP contribution in [0.4, 0.5) is 0 Å². The normalized spacial score (nSPS) is 18.1. The number of pyridine rings is 1. The van der Waals surface area contributed by atoms with Crippen molar-refractivity contribution in [3.05, 3.63) is 127 Å². The summed E-state index contributed by atoms with van der Waals surface area (Å²) in [7, 11) is 1.62. The van der Waals surface area contributed by atoms with Crippen LogP contribution >= 0.6 is 0 Å². The van der Waals surface area contributed by atoms with Crippen LogP contribution in [0.3, 0.4) is 0 Å². The molecule has 2 saturated heterocycles. The number of carbonyl (C=O) groups is 3. The highest BCUT2D eigenvalue weighted by atomic mass is 16.5. The topological polar surface area (TPSA) is 107 Å². The number of hydrazine groups is 1. The summed E-state index contributed by atoms with van der Waals surface area (Å²) >= 11 is 0. The SMILES string of the molecule is C=CCN1CC(=O)N2[C@@H](Cc3ccc(O)cc3)C(=O)N(Cc3ccc(OC)c(-c4ccncc4)c3)C[C@@H]2N1C(=O)CCc1ccccc1. The second-order valence-corrected chi connectivity index (χ2v) is 12.0. The number of ether oxygens (including phenoxy) is 1. The Balaban J connectivity index is 1.36. The third kappa shape index (κ3) is 6.94. The fourth-order valence-electron chi connectivity index (χ4n) is 6.60. The number of phenols is 1. The first-order valence-corrected chi connectivity index (χ1v) is 16.0. The van der Waals surface area contributed by atoms with Gasteiger partial charge in [0.25, 0.3) is 0 Å². The van der Waals surface area contributed by atoms with Crippen molar-refractivity contribution in [3.8, 4) is 22.6 Å². The molecule has 0 unspecified atom stereocenters. The summed E-state index contributed by atoms with van der Waals surface area (Å²) in [6.07, 6.45) is 5.41. The number of phenolic OH excluding ortho intramolecular Hbond substituents is 1. The van der Waals surface area contributed by atoms with E-state index in [1.165, 1.54) is 0 Å². The number of benzene rings is 3. The number of rotatable bonds is 11. The van der Waals surface area contributed by atoms with Crippen molar-refractivity contribution in [1.29, 1.82) is 0 Å². The van der Waals surface area contributed by atoms with Crippen LogP contribution in [0.5, 0.6) is 11.5 Å². The van der Waals surface area contributed by atoms with Gasteiger partial charge in [0.15, 0.2) is 0 Å². The molecule has 246 valence electrons. The quantitative estimate of drug-likeness (QED) is 0.240. The Morgan fingerprint density at radius 3 is 2.42 bits per heavy atom. The van der Waals surface area contributed by atoms with Crippen LogP contribution in [-0.4, -0.2) is 86.6 Å². The van der Waals surface area contributed by atoms with Crippen LogP contribution in [0.2, 0.25) is 0 Å². The number of amides is 3. The molecule has 0 aliphatic carbocycles. The number of piperazine rings is 1. The lowest BCUT2D eigenvalue weighted by Gasteiger charge is -2.55. The zero-order chi connectivity index (χ0) is 33.6. The maximum atomic E-state index is 14.4. The van der Waals surface area contributed by atoms with Crippen molar-refractivity contribution in [3.63, 3.8) is 0 Å². The van der Waals surface area contributed by atoms with E-state index >= 15 is 0 Å². The van der Waals surface area contributed by atoms with Crippen molar-refractivity contribution in [2.45, 2.75) is 38.0 Å². The number of nitrogens with zero attached hydrogens (tertiary/aromatic N) is 5. The van der Waals surface area contributed by atoms with Gasteiger partial charge in [-0.05, 0) is 65.1 Å². The third-order valence-corrected chi connectivity index (χ3v) is 8.89. The lowest BCUT2D eigenvalue weighted by molar-refractivity contribution is -0.205. The highest BCUT2D eigenvalue weighted by Gasteiger charge is 2.51. The number of methoxy groups -OCH3 is 1. The van der Waals surface area contributed by atoms with E-state index in [0.29, 0.717) is 18.7 Å². The van der Waals surface area contributed by atoms with Gasteiger partial charge in [-0.2, -0.15) is 0 Å². The molecule has 3 amide bonds. The van der Waals surface area contributed by atoms with Gasteiger partial charge in [-0.3, -0.25) is 19.4 Å². The van der Waals surface area contributed by atoms with Gasteiger partial charge in [0.1, 0.15) is 23.7 Å². The van der Waals surface area contributed by atoms with E-state index in [2.05, 4.69) is 11.6 Å². The molecule has 2 aliphatic heterocycles. The molecule has 6 rings (SSSR count). The molecule has 0 bridgehead atoms. The standard InChI is InChI=1S/C38H39N5O5/c1-3-21-41-26-37(46)42-33(23-28-9-13-31(44)14-10-28)38(47)40(25-35(42)43(41)36(45)16-12-27-7-5-4-6-8-27)24-29-11-15-34(48-2)32(22-29)30-17-19-39-20-18-30/h3-11,13-15,17-20,22,33,35,44H,1,12,16,21,23-26H2,2H3/t33-,35-/m0/s1. The molecular weight excluding hydrogens is 606 g/mol. The largest absolute Gasteiger partial charge is 0.508 e. The van der Waals surface area contributed by atoms with E-state index in [4.69, 9.17) is 4.74 Å². The molecule has 0 radical (unpaired) electrons.